The number of hydrogen-bond acceptors (Lipinski definition) is 4. The minimum atomic E-state index is -0.822. The summed E-state index contributed by atoms with van der Waals surface area (Å²) in [4.78, 5) is 31.4. The van der Waals surface area contributed by atoms with Crippen molar-refractivity contribution < 1.29 is 19.1 Å². The fourth-order valence-corrected chi connectivity index (χ4v) is 3.88. The first-order chi connectivity index (χ1) is 14.9. The van der Waals surface area contributed by atoms with Crippen LogP contribution in [0, 0.1) is 12.7 Å². The number of aliphatic hydroxyl groups is 1. The van der Waals surface area contributed by atoms with Gasteiger partial charge in [0.25, 0.3) is 11.7 Å². The molecule has 31 heavy (non-hydrogen) atoms. The summed E-state index contributed by atoms with van der Waals surface area (Å²) in [6.07, 6.45) is 3.24. The lowest BCUT2D eigenvalue weighted by atomic mass is 9.95. The van der Waals surface area contributed by atoms with E-state index in [-0.39, 0.29) is 17.7 Å². The summed E-state index contributed by atoms with van der Waals surface area (Å²) in [5.41, 5.74) is 1.88. The standard InChI is InChI=1S/C24H18BrFN2O3/c1-14-4-5-17(11-19(14)26)22(29)20-21(16-6-8-18(25)9-7-16)28(24(31)23(20)30)13-15-3-2-10-27-12-15/h2-12,21,29H,13H2,1H3/b22-20-. The molecule has 1 N–H and O–H groups in total. The third-order valence-corrected chi connectivity index (χ3v) is 5.78. The molecule has 1 unspecified atom stereocenters. The lowest BCUT2D eigenvalue weighted by molar-refractivity contribution is -0.140. The summed E-state index contributed by atoms with van der Waals surface area (Å²) in [7, 11) is 0. The number of hydrogen-bond donors (Lipinski definition) is 1. The van der Waals surface area contributed by atoms with Crippen molar-refractivity contribution in [2.75, 3.05) is 0 Å². The quantitative estimate of drug-likeness (QED) is 0.327. The van der Waals surface area contributed by atoms with E-state index in [0.717, 1.165) is 16.1 Å². The highest BCUT2D eigenvalue weighted by atomic mass is 79.9. The molecule has 0 spiro atoms. The van der Waals surface area contributed by atoms with E-state index in [2.05, 4.69) is 20.9 Å². The van der Waals surface area contributed by atoms with Gasteiger partial charge in [-0.15, -0.1) is 0 Å². The predicted octanol–water partition coefficient (Wildman–Crippen LogP) is 4.91. The number of aryl methyl sites for hydroxylation is 1. The number of aliphatic hydroxyl groups excluding tert-OH is 1. The van der Waals surface area contributed by atoms with Crippen LogP contribution in [0.5, 0.6) is 0 Å². The molecular weight excluding hydrogens is 463 g/mol. The van der Waals surface area contributed by atoms with Crippen LogP contribution in [0.3, 0.4) is 0 Å². The van der Waals surface area contributed by atoms with Gasteiger partial charge in [0.2, 0.25) is 0 Å². The van der Waals surface area contributed by atoms with E-state index >= 15 is 0 Å². The Hall–Kier alpha value is -3.32. The van der Waals surface area contributed by atoms with Gasteiger partial charge in [-0.1, -0.05) is 46.3 Å². The predicted molar refractivity (Wildman–Crippen MR) is 117 cm³/mol. The van der Waals surface area contributed by atoms with Gasteiger partial charge < -0.3 is 10.0 Å². The SMILES string of the molecule is Cc1ccc(/C(O)=C2/C(=O)C(=O)N(Cc3cccnc3)C2c2ccc(Br)cc2)cc1F. The molecule has 1 amide bonds. The van der Waals surface area contributed by atoms with Gasteiger partial charge in [0.05, 0.1) is 11.6 Å². The number of amides is 1. The second kappa shape index (κ2) is 8.43. The summed E-state index contributed by atoms with van der Waals surface area (Å²) in [5, 5.41) is 11.0. The first kappa shape index (κ1) is 20.9. The number of carbonyl (C=O) groups is 2. The number of likely N-dealkylation sites (tertiary alicyclic amines) is 1. The first-order valence-electron chi connectivity index (χ1n) is 9.56. The van der Waals surface area contributed by atoms with Crippen LogP contribution < -0.4 is 0 Å². The zero-order valence-corrected chi connectivity index (χ0v) is 18.1. The Bertz CT molecular complexity index is 1190. The van der Waals surface area contributed by atoms with Crippen molar-refractivity contribution in [2.24, 2.45) is 0 Å². The topological polar surface area (TPSA) is 70.5 Å². The van der Waals surface area contributed by atoms with Crippen molar-refractivity contribution in [3.05, 3.63) is 105 Å². The van der Waals surface area contributed by atoms with Crippen molar-refractivity contribution in [1.29, 1.82) is 0 Å². The Balaban J connectivity index is 1.87. The third-order valence-electron chi connectivity index (χ3n) is 5.25. The van der Waals surface area contributed by atoms with Crippen molar-refractivity contribution in [3.63, 3.8) is 0 Å². The summed E-state index contributed by atoms with van der Waals surface area (Å²) in [6.45, 7) is 1.74. The molecule has 1 fully saturated rings. The summed E-state index contributed by atoms with van der Waals surface area (Å²) in [5.74, 6) is -2.45. The second-order valence-corrected chi connectivity index (χ2v) is 8.22. The Labute approximate surface area is 187 Å². The molecule has 0 aliphatic carbocycles. The zero-order valence-electron chi connectivity index (χ0n) is 16.5. The Kier molecular flexibility index (Phi) is 5.69. The number of nitrogens with zero attached hydrogens (tertiary/aromatic N) is 2. The van der Waals surface area contributed by atoms with Gasteiger partial charge in [-0.2, -0.15) is 0 Å². The first-order valence-corrected chi connectivity index (χ1v) is 10.4. The minimum Gasteiger partial charge on any atom is -0.507 e. The molecule has 1 aliphatic heterocycles. The summed E-state index contributed by atoms with van der Waals surface area (Å²) >= 11 is 3.38. The minimum absolute atomic E-state index is 0.0699. The van der Waals surface area contributed by atoms with Crippen LogP contribution in [0.4, 0.5) is 4.39 Å². The molecule has 1 saturated heterocycles. The molecule has 156 valence electrons. The highest BCUT2D eigenvalue weighted by Crippen LogP contribution is 2.40. The molecular formula is C24H18BrFN2O3. The number of halogens is 2. The van der Waals surface area contributed by atoms with Crippen molar-refractivity contribution in [2.45, 2.75) is 19.5 Å². The number of aromatic nitrogens is 1. The molecule has 7 heteroatoms. The number of Topliss-reactive ketones (excluding diaryl/α,β-unsaturated/α-hetero) is 1. The van der Waals surface area contributed by atoms with Crippen LogP contribution in [0.25, 0.3) is 5.76 Å². The highest BCUT2D eigenvalue weighted by Gasteiger charge is 2.46. The Morgan fingerprint density at radius 2 is 1.90 bits per heavy atom. The van der Waals surface area contributed by atoms with E-state index < -0.39 is 29.3 Å². The fraction of sp³-hybridized carbons (Fsp3) is 0.125. The number of ketones is 1. The van der Waals surface area contributed by atoms with Gasteiger partial charge in [0, 0.05) is 29.0 Å². The van der Waals surface area contributed by atoms with Crippen molar-refractivity contribution in [3.8, 4) is 0 Å². The van der Waals surface area contributed by atoms with Gasteiger partial charge in [-0.3, -0.25) is 14.6 Å². The molecule has 5 nitrogen and oxygen atoms in total. The number of carbonyl (C=O) groups excluding carboxylic acids is 2. The number of rotatable bonds is 4. The van der Waals surface area contributed by atoms with E-state index in [4.69, 9.17) is 0 Å². The van der Waals surface area contributed by atoms with Crippen molar-refractivity contribution >= 4 is 33.4 Å². The van der Waals surface area contributed by atoms with E-state index in [1.165, 1.54) is 17.0 Å². The molecule has 0 radical (unpaired) electrons. The van der Waals surface area contributed by atoms with Crippen LogP contribution in [0.1, 0.15) is 28.3 Å². The third kappa shape index (κ3) is 4.01. The Morgan fingerprint density at radius 3 is 2.55 bits per heavy atom. The molecule has 1 aliphatic rings. The van der Waals surface area contributed by atoms with E-state index in [1.807, 2.05) is 0 Å². The largest absolute Gasteiger partial charge is 0.507 e. The lowest BCUT2D eigenvalue weighted by Gasteiger charge is -2.25. The average Bonchev–Trinajstić information content (AvgIpc) is 3.01. The van der Waals surface area contributed by atoms with E-state index in [0.29, 0.717) is 11.1 Å². The molecule has 0 bridgehead atoms. The molecule has 1 aromatic heterocycles. The second-order valence-electron chi connectivity index (χ2n) is 7.30. The molecule has 4 rings (SSSR count). The fourth-order valence-electron chi connectivity index (χ4n) is 3.62. The zero-order chi connectivity index (χ0) is 22.1. The molecule has 2 aromatic carbocycles. The van der Waals surface area contributed by atoms with Crippen LogP contribution in [-0.4, -0.2) is 26.7 Å². The highest BCUT2D eigenvalue weighted by molar-refractivity contribution is 9.10. The van der Waals surface area contributed by atoms with E-state index in [9.17, 15) is 19.1 Å². The molecule has 3 aromatic rings. The van der Waals surface area contributed by atoms with Gasteiger partial charge in [-0.25, -0.2) is 4.39 Å². The summed E-state index contributed by atoms with van der Waals surface area (Å²) in [6, 6.07) is 14.1. The maximum Gasteiger partial charge on any atom is 0.295 e. The normalized spacial score (nSPS) is 17.9. The average molecular weight is 481 g/mol. The molecule has 0 saturated carbocycles. The van der Waals surface area contributed by atoms with Gasteiger partial charge in [0.15, 0.2) is 0 Å². The molecule has 2 heterocycles. The van der Waals surface area contributed by atoms with Gasteiger partial charge in [-0.05, 0) is 47.9 Å². The Morgan fingerprint density at radius 1 is 1.16 bits per heavy atom. The maximum absolute atomic E-state index is 14.1. The van der Waals surface area contributed by atoms with Crippen LogP contribution in [-0.2, 0) is 16.1 Å². The van der Waals surface area contributed by atoms with Crippen LogP contribution >= 0.6 is 15.9 Å². The van der Waals surface area contributed by atoms with Crippen LogP contribution in [0.15, 0.2) is 77.0 Å². The van der Waals surface area contributed by atoms with Gasteiger partial charge >= 0.3 is 0 Å². The maximum atomic E-state index is 14.1. The molecule has 1 atom stereocenters. The smallest absolute Gasteiger partial charge is 0.295 e. The number of benzene rings is 2. The lowest BCUT2D eigenvalue weighted by Crippen LogP contribution is -2.29. The van der Waals surface area contributed by atoms with Crippen molar-refractivity contribution in [1.82, 2.24) is 9.88 Å². The number of pyridine rings is 1. The van der Waals surface area contributed by atoms with E-state index in [1.54, 1.807) is 55.7 Å². The van der Waals surface area contributed by atoms with Gasteiger partial charge in [0.1, 0.15) is 11.6 Å². The monoisotopic (exact) mass is 480 g/mol. The summed E-state index contributed by atoms with van der Waals surface area (Å²) < 4.78 is 15.0. The van der Waals surface area contributed by atoms with Crippen LogP contribution in [0.2, 0.25) is 0 Å².